The maximum Gasteiger partial charge on any atom is 0.410 e. The lowest BCUT2D eigenvalue weighted by Gasteiger charge is -2.33. The lowest BCUT2D eigenvalue weighted by atomic mass is 9.92. The first kappa shape index (κ1) is 30.9. The molecular weight excluding hydrogens is 496 g/mol. The van der Waals surface area contributed by atoms with E-state index in [1.807, 2.05) is 27.7 Å². The van der Waals surface area contributed by atoms with Gasteiger partial charge in [0.15, 0.2) is 0 Å². The zero-order valence-electron chi connectivity index (χ0n) is 22.7. The zero-order valence-corrected chi connectivity index (χ0v) is 23.5. The molecule has 0 radical (unpaired) electrons. The molecule has 1 aliphatic rings. The van der Waals surface area contributed by atoms with Gasteiger partial charge in [-0.25, -0.2) is 17.9 Å². The van der Waals surface area contributed by atoms with Crippen molar-refractivity contribution in [3.8, 4) is 5.75 Å². The standard InChI is InChI=1S/C27H44N2O7S/c1-5-6-19-37(33,34)28-24(25(30)31)20-22-10-12-23(13-11-22)35-18-8-7-9-21-14-16-29(17-15-21)26(32)36-27(2,3)4/h10-13,21,24,28H,5-9,14-20H2,1-4H3,(H,30,31)/t24-/m1/s1. The van der Waals surface area contributed by atoms with E-state index in [-0.39, 0.29) is 18.3 Å². The molecule has 1 heterocycles. The number of amides is 1. The third-order valence-corrected chi connectivity index (χ3v) is 7.76. The summed E-state index contributed by atoms with van der Waals surface area (Å²) in [4.78, 5) is 25.5. The molecular formula is C27H44N2O7S. The summed E-state index contributed by atoms with van der Waals surface area (Å²) in [5.41, 5.74) is 0.249. The normalized spacial score (nSPS) is 15.8. The van der Waals surface area contributed by atoms with Crippen molar-refractivity contribution in [3.63, 3.8) is 0 Å². The number of carboxylic acid groups (broad SMARTS) is 1. The quantitative estimate of drug-likeness (QED) is 0.331. The molecule has 9 nitrogen and oxygen atoms in total. The van der Waals surface area contributed by atoms with Gasteiger partial charge in [-0.2, -0.15) is 0 Å². The summed E-state index contributed by atoms with van der Waals surface area (Å²) in [5, 5.41) is 9.44. The first-order valence-corrected chi connectivity index (χ1v) is 15.0. The second-order valence-corrected chi connectivity index (χ2v) is 12.7. The molecule has 37 heavy (non-hydrogen) atoms. The lowest BCUT2D eigenvalue weighted by molar-refractivity contribution is -0.138. The van der Waals surface area contributed by atoms with Crippen molar-refractivity contribution in [2.24, 2.45) is 5.92 Å². The fraction of sp³-hybridized carbons (Fsp3) is 0.704. The van der Waals surface area contributed by atoms with E-state index in [0.717, 1.165) is 57.2 Å². The first-order valence-electron chi connectivity index (χ1n) is 13.3. The number of hydrogen-bond donors (Lipinski definition) is 2. The van der Waals surface area contributed by atoms with E-state index in [1.54, 1.807) is 29.2 Å². The molecule has 1 amide bonds. The SMILES string of the molecule is CCCCS(=O)(=O)N[C@H](Cc1ccc(OCCCCC2CCN(C(=O)OC(C)(C)C)CC2)cc1)C(=O)O. The van der Waals surface area contributed by atoms with E-state index in [1.165, 1.54) is 0 Å². The molecule has 0 unspecified atom stereocenters. The number of ether oxygens (including phenoxy) is 2. The van der Waals surface area contributed by atoms with Crippen LogP contribution in [0.2, 0.25) is 0 Å². The Balaban J connectivity index is 1.67. The average Bonchev–Trinajstić information content (AvgIpc) is 2.82. The van der Waals surface area contributed by atoms with Gasteiger partial charge in [-0.3, -0.25) is 4.79 Å². The Morgan fingerprint density at radius 2 is 1.76 bits per heavy atom. The van der Waals surface area contributed by atoms with Crippen LogP contribution in [0.1, 0.15) is 78.2 Å². The predicted octanol–water partition coefficient (Wildman–Crippen LogP) is 4.60. The van der Waals surface area contributed by atoms with Crippen LogP contribution in [-0.2, 0) is 26.0 Å². The van der Waals surface area contributed by atoms with E-state index in [9.17, 15) is 23.1 Å². The topological polar surface area (TPSA) is 122 Å². The number of aliphatic carboxylic acids is 1. The van der Waals surface area contributed by atoms with Crippen LogP contribution in [0.5, 0.6) is 5.75 Å². The molecule has 0 bridgehead atoms. The largest absolute Gasteiger partial charge is 0.494 e. The Morgan fingerprint density at radius 1 is 1.11 bits per heavy atom. The highest BCUT2D eigenvalue weighted by Gasteiger charge is 2.27. The minimum absolute atomic E-state index is 0.0632. The summed E-state index contributed by atoms with van der Waals surface area (Å²) in [6, 6.07) is 5.90. The monoisotopic (exact) mass is 540 g/mol. The van der Waals surface area contributed by atoms with Gasteiger partial charge in [0.1, 0.15) is 17.4 Å². The van der Waals surface area contributed by atoms with Gasteiger partial charge in [0.2, 0.25) is 10.0 Å². The Morgan fingerprint density at radius 3 is 2.32 bits per heavy atom. The summed E-state index contributed by atoms with van der Waals surface area (Å²) >= 11 is 0. The van der Waals surface area contributed by atoms with Crippen LogP contribution in [0, 0.1) is 5.92 Å². The molecule has 0 saturated carbocycles. The van der Waals surface area contributed by atoms with Crippen LogP contribution < -0.4 is 9.46 Å². The van der Waals surface area contributed by atoms with Crippen molar-refractivity contribution in [3.05, 3.63) is 29.8 Å². The Kier molecular flexibility index (Phi) is 12.2. The van der Waals surface area contributed by atoms with Crippen molar-refractivity contribution in [1.29, 1.82) is 0 Å². The van der Waals surface area contributed by atoms with Crippen molar-refractivity contribution in [2.75, 3.05) is 25.4 Å². The van der Waals surface area contributed by atoms with Gasteiger partial charge in [-0.15, -0.1) is 0 Å². The van der Waals surface area contributed by atoms with Crippen LogP contribution in [0.3, 0.4) is 0 Å². The third kappa shape index (κ3) is 12.2. The van der Waals surface area contributed by atoms with Crippen molar-refractivity contribution < 1.29 is 32.6 Å². The van der Waals surface area contributed by atoms with Gasteiger partial charge in [0, 0.05) is 13.1 Å². The molecule has 0 aliphatic carbocycles. The number of sulfonamides is 1. The van der Waals surface area contributed by atoms with Crippen LogP contribution in [0.15, 0.2) is 24.3 Å². The van der Waals surface area contributed by atoms with Crippen molar-refractivity contribution in [2.45, 2.75) is 90.7 Å². The molecule has 1 aromatic rings. The van der Waals surface area contributed by atoms with Crippen LogP contribution >= 0.6 is 0 Å². The summed E-state index contributed by atoms with van der Waals surface area (Å²) < 4.78 is 37.8. The van der Waals surface area contributed by atoms with E-state index < -0.39 is 27.6 Å². The Labute approximate surface area is 222 Å². The van der Waals surface area contributed by atoms with Crippen molar-refractivity contribution in [1.82, 2.24) is 9.62 Å². The number of rotatable bonds is 14. The van der Waals surface area contributed by atoms with Gasteiger partial charge >= 0.3 is 12.1 Å². The third-order valence-electron chi connectivity index (χ3n) is 6.29. The first-order chi connectivity index (χ1) is 17.4. The highest BCUT2D eigenvalue weighted by atomic mass is 32.2. The zero-order chi connectivity index (χ0) is 27.5. The average molecular weight is 541 g/mol. The molecule has 1 aromatic carbocycles. The fourth-order valence-electron chi connectivity index (χ4n) is 4.20. The number of carbonyl (C=O) groups is 2. The number of nitrogens with one attached hydrogen (secondary N) is 1. The van der Waals surface area contributed by atoms with Gasteiger partial charge in [-0.05, 0) is 82.9 Å². The summed E-state index contributed by atoms with van der Waals surface area (Å²) in [7, 11) is -3.63. The summed E-state index contributed by atoms with van der Waals surface area (Å²) in [6.07, 6.45) is 6.11. The second kappa shape index (κ2) is 14.6. The molecule has 1 saturated heterocycles. The van der Waals surface area contributed by atoms with Gasteiger partial charge in [-0.1, -0.05) is 31.9 Å². The number of piperidine rings is 1. The lowest BCUT2D eigenvalue weighted by Crippen LogP contribution is -2.43. The van der Waals surface area contributed by atoms with Gasteiger partial charge in [0.25, 0.3) is 0 Å². The number of benzene rings is 1. The number of likely N-dealkylation sites (tertiary alicyclic amines) is 1. The van der Waals surface area contributed by atoms with E-state index in [2.05, 4.69) is 4.72 Å². The molecule has 1 aliphatic heterocycles. The van der Waals surface area contributed by atoms with E-state index >= 15 is 0 Å². The molecule has 2 rings (SSSR count). The minimum atomic E-state index is -3.63. The van der Waals surface area contributed by atoms with E-state index in [4.69, 9.17) is 9.47 Å². The summed E-state index contributed by atoms with van der Waals surface area (Å²) in [5.74, 6) is 0.0333. The van der Waals surface area contributed by atoms with Gasteiger partial charge < -0.3 is 19.5 Å². The van der Waals surface area contributed by atoms with Crippen LogP contribution in [-0.4, -0.2) is 67.6 Å². The maximum absolute atomic E-state index is 12.2. The Hall–Kier alpha value is -2.33. The van der Waals surface area contributed by atoms with Crippen molar-refractivity contribution >= 4 is 22.1 Å². The highest BCUT2D eigenvalue weighted by molar-refractivity contribution is 7.89. The Bertz CT molecular complexity index is 950. The molecule has 0 aromatic heterocycles. The predicted molar refractivity (Wildman–Crippen MR) is 143 cm³/mol. The van der Waals surface area contributed by atoms with Crippen LogP contribution in [0.4, 0.5) is 4.79 Å². The molecule has 2 N–H and O–H groups in total. The molecule has 210 valence electrons. The molecule has 1 fully saturated rings. The number of hydrogen-bond acceptors (Lipinski definition) is 6. The molecule has 0 spiro atoms. The maximum atomic E-state index is 12.2. The summed E-state index contributed by atoms with van der Waals surface area (Å²) in [6.45, 7) is 9.59. The number of unbranched alkanes of at least 4 members (excludes halogenated alkanes) is 2. The highest BCUT2D eigenvalue weighted by Crippen LogP contribution is 2.24. The number of nitrogens with zero attached hydrogens (tertiary/aromatic N) is 1. The fourth-order valence-corrected chi connectivity index (χ4v) is 5.61. The second-order valence-electron chi connectivity index (χ2n) is 10.8. The molecule has 10 heteroatoms. The van der Waals surface area contributed by atoms with Gasteiger partial charge in [0.05, 0.1) is 12.4 Å². The van der Waals surface area contributed by atoms with E-state index in [0.29, 0.717) is 24.7 Å². The number of carboxylic acids is 1. The molecule has 1 atom stereocenters. The van der Waals surface area contributed by atoms with Crippen LogP contribution in [0.25, 0.3) is 0 Å². The number of carbonyl (C=O) groups excluding carboxylic acids is 1. The minimum Gasteiger partial charge on any atom is -0.494 e. The smallest absolute Gasteiger partial charge is 0.410 e.